The first-order valence-electron chi connectivity index (χ1n) is 10.5. The molecule has 0 bridgehead atoms. The van der Waals surface area contributed by atoms with E-state index in [1.54, 1.807) is 23.1 Å². The summed E-state index contributed by atoms with van der Waals surface area (Å²) in [7, 11) is 0. The number of carbonyl (C=O) groups excluding carboxylic acids is 2. The molecule has 1 aromatic heterocycles. The molecule has 8 heteroatoms. The smallest absolute Gasteiger partial charge is 0.253 e. The van der Waals surface area contributed by atoms with Crippen molar-refractivity contribution in [3.8, 4) is 0 Å². The van der Waals surface area contributed by atoms with Gasteiger partial charge in [-0.05, 0) is 49.6 Å². The molecule has 31 heavy (non-hydrogen) atoms. The predicted molar refractivity (Wildman–Crippen MR) is 120 cm³/mol. The molecule has 160 valence electrons. The van der Waals surface area contributed by atoms with Crippen LogP contribution in [0.25, 0.3) is 11.0 Å². The summed E-state index contributed by atoms with van der Waals surface area (Å²) in [5.41, 5.74) is 3.09. The molecule has 1 fully saturated rings. The van der Waals surface area contributed by atoms with Crippen molar-refractivity contribution in [3.05, 3.63) is 53.1 Å². The molecule has 5 rings (SSSR count). The molecule has 3 aromatic rings. The Labute approximate surface area is 184 Å². The van der Waals surface area contributed by atoms with Crippen molar-refractivity contribution in [2.45, 2.75) is 38.3 Å². The monoisotopic (exact) mass is 438 g/mol. The van der Waals surface area contributed by atoms with E-state index in [0.29, 0.717) is 29.8 Å². The van der Waals surface area contributed by atoms with Crippen LogP contribution in [0.5, 0.6) is 0 Å². The highest BCUT2D eigenvalue weighted by molar-refractivity contribution is 6.31. The number of imidazole rings is 1. The van der Waals surface area contributed by atoms with Crippen LogP contribution in [0.4, 0.5) is 11.6 Å². The maximum absolute atomic E-state index is 13.4. The highest BCUT2D eigenvalue weighted by Gasteiger charge is 2.42. The Bertz CT molecular complexity index is 1170. The second kappa shape index (κ2) is 7.98. The van der Waals surface area contributed by atoms with Gasteiger partial charge in [-0.2, -0.15) is 0 Å². The average Bonchev–Trinajstić information content (AvgIpc) is 3.45. The molecule has 0 unspecified atom stereocenters. The fourth-order valence-corrected chi connectivity index (χ4v) is 4.55. The summed E-state index contributed by atoms with van der Waals surface area (Å²) in [5, 5.41) is 3.49. The minimum atomic E-state index is -0.650. The SMILES string of the molecule is Cc1c(Cl)cccc1NC(=O)C[C@@H]1C(=O)N(C[C@@H]2CCCO2)c2nc3ccccc3n21. The Kier molecular flexibility index (Phi) is 5.16. The second-order valence-corrected chi connectivity index (χ2v) is 8.44. The van der Waals surface area contributed by atoms with Gasteiger partial charge >= 0.3 is 0 Å². The number of benzene rings is 2. The number of para-hydroxylation sites is 2. The molecule has 2 aliphatic rings. The summed E-state index contributed by atoms with van der Waals surface area (Å²) in [5.74, 6) is 0.214. The van der Waals surface area contributed by atoms with Gasteiger partial charge in [0.25, 0.3) is 5.91 Å². The Morgan fingerprint density at radius 2 is 2.10 bits per heavy atom. The van der Waals surface area contributed by atoms with E-state index in [9.17, 15) is 9.59 Å². The number of aromatic nitrogens is 2. The minimum Gasteiger partial charge on any atom is -0.376 e. The van der Waals surface area contributed by atoms with Gasteiger partial charge in [0.1, 0.15) is 6.04 Å². The van der Waals surface area contributed by atoms with Crippen molar-refractivity contribution in [3.63, 3.8) is 0 Å². The first-order valence-corrected chi connectivity index (χ1v) is 10.9. The highest BCUT2D eigenvalue weighted by atomic mass is 35.5. The van der Waals surface area contributed by atoms with Crippen LogP contribution in [-0.2, 0) is 14.3 Å². The zero-order chi connectivity index (χ0) is 21.5. The van der Waals surface area contributed by atoms with Crippen LogP contribution < -0.4 is 10.2 Å². The van der Waals surface area contributed by atoms with Crippen molar-refractivity contribution in [2.24, 2.45) is 0 Å². The highest BCUT2D eigenvalue weighted by Crippen LogP contribution is 2.37. The van der Waals surface area contributed by atoms with Crippen LogP contribution in [-0.4, -0.2) is 40.6 Å². The summed E-state index contributed by atoms with van der Waals surface area (Å²) in [4.78, 5) is 32.7. The van der Waals surface area contributed by atoms with Crippen LogP contribution in [0.15, 0.2) is 42.5 Å². The third-order valence-corrected chi connectivity index (χ3v) is 6.42. The fraction of sp³-hybridized carbons (Fsp3) is 0.348. The van der Waals surface area contributed by atoms with Crippen LogP contribution in [0.2, 0.25) is 5.02 Å². The van der Waals surface area contributed by atoms with E-state index in [0.717, 1.165) is 29.4 Å². The normalized spacial score (nSPS) is 20.5. The van der Waals surface area contributed by atoms with E-state index in [2.05, 4.69) is 5.32 Å². The Hall–Kier alpha value is -2.90. The van der Waals surface area contributed by atoms with Gasteiger partial charge in [-0.25, -0.2) is 4.98 Å². The average molecular weight is 439 g/mol. The lowest BCUT2D eigenvalue weighted by Crippen LogP contribution is -2.37. The number of hydrogen-bond donors (Lipinski definition) is 1. The van der Waals surface area contributed by atoms with Gasteiger partial charge in [-0.3, -0.25) is 19.1 Å². The number of carbonyl (C=O) groups is 2. The Balaban J connectivity index is 1.44. The summed E-state index contributed by atoms with van der Waals surface area (Å²) in [6.45, 7) is 3.02. The molecule has 1 saturated heterocycles. The second-order valence-electron chi connectivity index (χ2n) is 8.03. The molecule has 2 amide bonds. The lowest BCUT2D eigenvalue weighted by atomic mass is 10.1. The number of anilines is 2. The first-order chi connectivity index (χ1) is 15.0. The van der Waals surface area contributed by atoms with Gasteiger partial charge in [0.05, 0.1) is 30.1 Å². The first kappa shape index (κ1) is 20.0. The number of ether oxygens (including phenoxy) is 1. The van der Waals surface area contributed by atoms with Gasteiger partial charge in [0, 0.05) is 17.3 Å². The minimum absolute atomic E-state index is 0.00102. The van der Waals surface area contributed by atoms with Crippen molar-refractivity contribution in [1.29, 1.82) is 0 Å². The van der Waals surface area contributed by atoms with Gasteiger partial charge in [-0.1, -0.05) is 29.8 Å². The van der Waals surface area contributed by atoms with E-state index in [1.165, 1.54) is 0 Å². The third-order valence-electron chi connectivity index (χ3n) is 6.01. The van der Waals surface area contributed by atoms with Gasteiger partial charge < -0.3 is 10.1 Å². The number of nitrogens with zero attached hydrogens (tertiary/aromatic N) is 3. The summed E-state index contributed by atoms with van der Waals surface area (Å²) >= 11 is 6.17. The molecule has 0 aliphatic carbocycles. The number of nitrogens with one attached hydrogen (secondary N) is 1. The third kappa shape index (κ3) is 3.58. The zero-order valence-corrected chi connectivity index (χ0v) is 17.9. The molecule has 2 aliphatic heterocycles. The van der Waals surface area contributed by atoms with E-state index >= 15 is 0 Å². The molecule has 0 radical (unpaired) electrons. The maximum Gasteiger partial charge on any atom is 0.253 e. The Morgan fingerprint density at radius 3 is 2.90 bits per heavy atom. The number of rotatable bonds is 5. The van der Waals surface area contributed by atoms with Crippen molar-refractivity contribution >= 4 is 46.1 Å². The van der Waals surface area contributed by atoms with E-state index in [1.807, 2.05) is 35.8 Å². The topological polar surface area (TPSA) is 76.5 Å². The van der Waals surface area contributed by atoms with E-state index in [4.69, 9.17) is 21.3 Å². The molecular weight excluding hydrogens is 416 g/mol. The van der Waals surface area contributed by atoms with E-state index < -0.39 is 6.04 Å². The zero-order valence-electron chi connectivity index (χ0n) is 17.2. The molecular formula is C23H23ClN4O3. The van der Waals surface area contributed by atoms with Crippen molar-refractivity contribution < 1.29 is 14.3 Å². The number of hydrogen-bond acceptors (Lipinski definition) is 4. The fourth-order valence-electron chi connectivity index (χ4n) is 4.38. The van der Waals surface area contributed by atoms with Crippen molar-refractivity contribution in [1.82, 2.24) is 9.55 Å². The molecule has 2 atom stereocenters. The summed E-state index contributed by atoms with van der Waals surface area (Å²) in [6.07, 6.45) is 1.93. The molecule has 2 aromatic carbocycles. The largest absolute Gasteiger partial charge is 0.376 e. The van der Waals surface area contributed by atoms with Crippen LogP contribution in [0.1, 0.15) is 30.9 Å². The summed E-state index contributed by atoms with van der Waals surface area (Å²) in [6, 6.07) is 12.4. The van der Waals surface area contributed by atoms with Gasteiger partial charge in [-0.15, -0.1) is 0 Å². The number of amides is 2. The van der Waals surface area contributed by atoms with Crippen LogP contribution in [0, 0.1) is 6.92 Å². The van der Waals surface area contributed by atoms with Crippen molar-refractivity contribution in [2.75, 3.05) is 23.4 Å². The lowest BCUT2D eigenvalue weighted by Gasteiger charge is -2.19. The van der Waals surface area contributed by atoms with Crippen LogP contribution >= 0.6 is 11.6 Å². The molecule has 0 spiro atoms. The molecule has 1 N–H and O–H groups in total. The van der Waals surface area contributed by atoms with E-state index in [-0.39, 0.29) is 24.3 Å². The van der Waals surface area contributed by atoms with Gasteiger partial charge in [0.2, 0.25) is 11.9 Å². The standard InChI is InChI=1S/C23H23ClN4O3/c1-14-16(24)7-4-9-17(14)25-21(29)12-20-22(30)27(13-15-6-5-11-31-15)23-26-18-8-2-3-10-19(18)28(20)23/h2-4,7-10,15,20H,5-6,11-13H2,1H3,(H,25,29)/t15-,20+/m0/s1. The van der Waals surface area contributed by atoms with Crippen LogP contribution in [0.3, 0.4) is 0 Å². The number of fused-ring (bicyclic) bond motifs is 3. The summed E-state index contributed by atoms with van der Waals surface area (Å²) < 4.78 is 7.64. The Morgan fingerprint density at radius 1 is 1.26 bits per heavy atom. The van der Waals surface area contributed by atoms with Gasteiger partial charge in [0.15, 0.2) is 0 Å². The quantitative estimate of drug-likeness (QED) is 0.650. The molecule has 0 saturated carbocycles. The molecule has 3 heterocycles. The predicted octanol–water partition coefficient (Wildman–Crippen LogP) is 4.09. The maximum atomic E-state index is 13.4. The molecule has 7 nitrogen and oxygen atoms in total. The lowest BCUT2D eigenvalue weighted by molar-refractivity contribution is -0.124. The number of halogens is 1.